The molecule has 1 saturated heterocycles. The van der Waals surface area contributed by atoms with Gasteiger partial charge in [-0.05, 0) is 6.92 Å². The second kappa shape index (κ2) is 2.03. The molecule has 0 aliphatic carbocycles. The van der Waals surface area contributed by atoms with Gasteiger partial charge in [0.15, 0.2) is 6.61 Å². The maximum Gasteiger partial charge on any atom is 0.410 e. The molecule has 1 rings (SSSR count). The summed E-state index contributed by atoms with van der Waals surface area (Å²) in [5, 5.41) is 0. The summed E-state index contributed by atoms with van der Waals surface area (Å²) in [6.45, 7) is 4.79. The van der Waals surface area contributed by atoms with Gasteiger partial charge < -0.3 is 9.64 Å². The van der Waals surface area contributed by atoms with E-state index in [9.17, 15) is 4.79 Å². The predicted octanol–water partition coefficient (Wildman–Crippen LogP) is 0.620. The molecule has 1 amide bonds. The Morgan fingerprint density at radius 1 is 2.00 bits per heavy atom. The molecule has 0 saturated carbocycles. The van der Waals surface area contributed by atoms with Gasteiger partial charge in [-0.25, -0.2) is 4.79 Å². The van der Waals surface area contributed by atoms with Crippen LogP contribution in [0, 0.1) is 6.61 Å². The fourth-order valence-corrected chi connectivity index (χ4v) is 0.606. The number of ether oxygens (including phenoxy) is 1. The van der Waals surface area contributed by atoms with E-state index in [4.69, 9.17) is 0 Å². The number of carbonyl (C=O) groups is 1. The quantitative estimate of drug-likeness (QED) is 0.500. The Kier molecular flexibility index (Phi) is 1.37. The largest absolute Gasteiger partial charge is 0.440 e. The molecule has 0 aromatic carbocycles. The lowest BCUT2D eigenvalue weighted by atomic mass is 10.6. The minimum atomic E-state index is -0.229. The number of likely N-dealkylation sites (N-methyl/N-ethyl adjacent to an activating group) is 1. The Hall–Kier alpha value is -0.730. The lowest BCUT2D eigenvalue weighted by molar-refractivity contribution is 0.169. The minimum absolute atomic E-state index is 0.229. The summed E-state index contributed by atoms with van der Waals surface area (Å²) in [5.74, 6) is 0. The van der Waals surface area contributed by atoms with Crippen molar-refractivity contribution in [3.63, 3.8) is 0 Å². The van der Waals surface area contributed by atoms with Crippen LogP contribution in [0.25, 0.3) is 0 Å². The van der Waals surface area contributed by atoms with Crippen LogP contribution in [0.1, 0.15) is 6.92 Å². The van der Waals surface area contributed by atoms with Crippen LogP contribution < -0.4 is 0 Å². The van der Waals surface area contributed by atoms with Gasteiger partial charge in [-0.15, -0.1) is 0 Å². The van der Waals surface area contributed by atoms with Crippen molar-refractivity contribution < 1.29 is 9.53 Å². The number of nitrogens with zero attached hydrogens (tertiary/aromatic N) is 1. The van der Waals surface area contributed by atoms with Gasteiger partial charge in [-0.1, -0.05) is 0 Å². The molecule has 1 radical (unpaired) electrons. The third-order valence-electron chi connectivity index (χ3n) is 1.12. The van der Waals surface area contributed by atoms with Gasteiger partial charge in [0, 0.05) is 6.54 Å². The summed E-state index contributed by atoms with van der Waals surface area (Å²) in [4.78, 5) is 12.1. The number of carbonyl (C=O) groups excluding carboxylic acids is 1. The summed E-state index contributed by atoms with van der Waals surface area (Å²) in [5.41, 5.74) is 0. The molecule has 0 bridgehead atoms. The van der Waals surface area contributed by atoms with Crippen molar-refractivity contribution in [3.8, 4) is 0 Å². The van der Waals surface area contributed by atoms with E-state index in [0.29, 0.717) is 6.54 Å². The number of rotatable bonds is 1. The molecule has 45 valence electrons. The fraction of sp³-hybridized carbons (Fsp3) is 0.600. The van der Waals surface area contributed by atoms with Crippen molar-refractivity contribution in [1.82, 2.24) is 4.90 Å². The van der Waals surface area contributed by atoms with Crippen LogP contribution in [0.15, 0.2) is 0 Å². The molecule has 0 atom stereocenters. The molecule has 1 aliphatic heterocycles. The first-order valence-electron chi connectivity index (χ1n) is 2.62. The highest BCUT2D eigenvalue weighted by Gasteiger charge is 2.19. The predicted molar refractivity (Wildman–Crippen MR) is 28.0 cm³/mol. The smallest absolute Gasteiger partial charge is 0.410 e. The van der Waals surface area contributed by atoms with Crippen LogP contribution in [-0.4, -0.2) is 24.1 Å². The summed E-state index contributed by atoms with van der Waals surface area (Å²) in [7, 11) is 0. The van der Waals surface area contributed by atoms with Crippen LogP contribution in [0.2, 0.25) is 0 Å². The van der Waals surface area contributed by atoms with Crippen molar-refractivity contribution >= 4 is 6.09 Å². The molecular weight excluding hydrogens is 106 g/mol. The van der Waals surface area contributed by atoms with E-state index < -0.39 is 0 Å². The minimum Gasteiger partial charge on any atom is -0.440 e. The van der Waals surface area contributed by atoms with E-state index in [1.165, 1.54) is 6.61 Å². The van der Waals surface area contributed by atoms with Crippen molar-refractivity contribution in [1.29, 1.82) is 0 Å². The van der Waals surface area contributed by atoms with Crippen molar-refractivity contribution in [2.45, 2.75) is 6.92 Å². The summed E-state index contributed by atoms with van der Waals surface area (Å²) >= 11 is 0. The van der Waals surface area contributed by atoms with Crippen LogP contribution in [0.3, 0.4) is 0 Å². The highest BCUT2D eigenvalue weighted by atomic mass is 16.6. The summed E-state index contributed by atoms with van der Waals surface area (Å²) < 4.78 is 4.52. The molecule has 1 aliphatic rings. The first kappa shape index (κ1) is 5.41. The maximum atomic E-state index is 10.5. The van der Waals surface area contributed by atoms with Crippen molar-refractivity contribution in [2.24, 2.45) is 0 Å². The standard InChI is InChI=1S/C5H8NO2/c1-2-6-3-4-8-5(6)7/h4H,2-3H2,1H3. The van der Waals surface area contributed by atoms with Gasteiger partial charge in [0.05, 0.1) is 6.54 Å². The van der Waals surface area contributed by atoms with Crippen LogP contribution in [0.5, 0.6) is 0 Å². The van der Waals surface area contributed by atoms with Crippen LogP contribution in [-0.2, 0) is 4.74 Å². The third-order valence-corrected chi connectivity index (χ3v) is 1.12. The van der Waals surface area contributed by atoms with E-state index in [0.717, 1.165) is 6.54 Å². The average molecular weight is 114 g/mol. The Bertz CT molecular complexity index is 103. The SMILES string of the molecule is CCN1C[CH]OC1=O. The molecule has 0 aromatic heterocycles. The van der Waals surface area contributed by atoms with Gasteiger partial charge in [0.1, 0.15) is 0 Å². The Morgan fingerprint density at radius 2 is 2.75 bits per heavy atom. The lowest BCUT2D eigenvalue weighted by Gasteiger charge is -2.05. The first-order chi connectivity index (χ1) is 3.84. The lowest BCUT2D eigenvalue weighted by Crippen LogP contribution is -2.22. The zero-order valence-electron chi connectivity index (χ0n) is 4.76. The first-order valence-corrected chi connectivity index (χ1v) is 2.62. The molecular formula is C5H8NO2. The highest BCUT2D eigenvalue weighted by Crippen LogP contribution is 2.04. The Morgan fingerprint density at radius 3 is 3.00 bits per heavy atom. The maximum absolute atomic E-state index is 10.5. The fourth-order valence-electron chi connectivity index (χ4n) is 0.606. The molecule has 8 heavy (non-hydrogen) atoms. The zero-order valence-corrected chi connectivity index (χ0v) is 4.76. The second-order valence-electron chi connectivity index (χ2n) is 1.59. The highest BCUT2D eigenvalue weighted by molar-refractivity contribution is 5.70. The number of amides is 1. The number of hydrogen-bond acceptors (Lipinski definition) is 2. The molecule has 3 nitrogen and oxygen atoms in total. The van der Waals surface area contributed by atoms with E-state index in [-0.39, 0.29) is 6.09 Å². The Balaban J connectivity index is 2.42. The van der Waals surface area contributed by atoms with Gasteiger partial charge in [-0.3, -0.25) is 0 Å². The summed E-state index contributed by atoms with van der Waals surface area (Å²) in [6.07, 6.45) is -0.229. The molecule has 0 spiro atoms. The molecule has 0 N–H and O–H groups in total. The number of hydrogen-bond donors (Lipinski definition) is 0. The molecule has 1 fully saturated rings. The molecule has 3 heteroatoms. The molecule has 0 aromatic rings. The molecule has 0 unspecified atom stereocenters. The van der Waals surface area contributed by atoms with Crippen molar-refractivity contribution in [3.05, 3.63) is 6.61 Å². The number of cyclic esters (lactones) is 1. The van der Waals surface area contributed by atoms with Crippen LogP contribution in [0.4, 0.5) is 4.79 Å². The van der Waals surface area contributed by atoms with Gasteiger partial charge >= 0.3 is 6.09 Å². The van der Waals surface area contributed by atoms with E-state index >= 15 is 0 Å². The zero-order chi connectivity index (χ0) is 5.98. The van der Waals surface area contributed by atoms with Gasteiger partial charge in [0.25, 0.3) is 0 Å². The Labute approximate surface area is 48.2 Å². The monoisotopic (exact) mass is 114 g/mol. The van der Waals surface area contributed by atoms with E-state index in [1.807, 2.05) is 6.92 Å². The van der Waals surface area contributed by atoms with Gasteiger partial charge in [0.2, 0.25) is 0 Å². The van der Waals surface area contributed by atoms with E-state index in [1.54, 1.807) is 4.90 Å². The van der Waals surface area contributed by atoms with E-state index in [2.05, 4.69) is 4.74 Å². The normalized spacial score (nSPS) is 19.1. The molecule has 1 heterocycles. The summed E-state index contributed by atoms with van der Waals surface area (Å²) in [6, 6.07) is 0. The third kappa shape index (κ3) is 0.757. The van der Waals surface area contributed by atoms with Crippen LogP contribution >= 0.6 is 0 Å². The topological polar surface area (TPSA) is 29.5 Å². The second-order valence-corrected chi connectivity index (χ2v) is 1.59. The average Bonchev–Trinajstić information content (AvgIpc) is 2.14. The van der Waals surface area contributed by atoms with Gasteiger partial charge in [-0.2, -0.15) is 0 Å². The van der Waals surface area contributed by atoms with Crippen molar-refractivity contribution in [2.75, 3.05) is 13.1 Å².